The van der Waals surface area contributed by atoms with Crippen LogP contribution >= 0.6 is 11.8 Å². The Morgan fingerprint density at radius 3 is 2.53 bits per heavy atom. The molecule has 0 aromatic heterocycles. The lowest BCUT2D eigenvalue weighted by molar-refractivity contribution is -0.133. The standard InChI is InChI=1S/C22H22FNO4S2/c23-18-8-6-16(7-9-18)14-24(19-10-13-30(26,27)15-19)22(25)20-21(29-12-11-28-20)17-4-2-1-3-5-17/h1-9,19H,10-15H2/t19-/m1/s1. The van der Waals surface area contributed by atoms with Gasteiger partial charge in [0.1, 0.15) is 5.82 Å². The van der Waals surface area contributed by atoms with Crippen molar-refractivity contribution in [1.29, 1.82) is 0 Å². The van der Waals surface area contributed by atoms with E-state index in [1.807, 2.05) is 30.3 Å². The number of amides is 1. The minimum atomic E-state index is -3.19. The Morgan fingerprint density at radius 2 is 1.87 bits per heavy atom. The smallest absolute Gasteiger partial charge is 0.290 e. The molecule has 5 nitrogen and oxygen atoms in total. The highest BCUT2D eigenvalue weighted by atomic mass is 32.2. The third-order valence-corrected chi connectivity index (χ3v) is 8.02. The lowest BCUT2D eigenvalue weighted by Gasteiger charge is -2.31. The summed E-state index contributed by atoms with van der Waals surface area (Å²) in [5.74, 6) is 0.292. The summed E-state index contributed by atoms with van der Waals surface area (Å²) in [5, 5.41) is 0. The molecule has 0 N–H and O–H groups in total. The Bertz CT molecular complexity index is 1050. The van der Waals surface area contributed by atoms with Gasteiger partial charge in [0.25, 0.3) is 5.91 Å². The molecule has 0 bridgehead atoms. The van der Waals surface area contributed by atoms with Gasteiger partial charge in [0, 0.05) is 18.3 Å². The molecule has 2 aliphatic heterocycles. The molecule has 1 saturated heterocycles. The van der Waals surface area contributed by atoms with Crippen molar-refractivity contribution in [2.45, 2.75) is 19.0 Å². The van der Waals surface area contributed by atoms with E-state index in [1.165, 1.54) is 12.1 Å². The summed E-state index contributed by atoms with van der Waals surface area (Å²) in [7, 11) is -3.19. The van der Waals surface area contributed by atoms with E-state index < -0.39 is 15.9 Å². The topological polar surface area (TPSA) is 63.7 Å². The largest absolute Gasteiger partial charge is 0.486 e. The van der Waals surface area contributed by atoms with E-state index in [2.05, 4.69) is 0 Å². The summed E-state index contributed by atoms with van der Waals surface area (Å²) in [6, 6.07) is 15.0. The molecule has 2 aromatic rings. The number of nitrogens with zero attached hydrogens (tertiary/aromatic N) is 1. The molecule has 0 spiro atoms. The SMILES string of the molecule is O=C(C1=C(c2ccccc2)SCCO1)N(Cc1ccc(F)cc1)[C@@H]1CCS(=O)(=O)C1. The monoisotopic (exact) mass is 447 g/mol. The number of carbonyl (C=O) groups is 1. The molecule has 1 atom stereocenters. The van der Waals surface area contributed by atoms with Crippen LogP contribution in [0.5, 0.6) is 0 Å². The Hall–Kier alpha value is -2.32. The van der Waals surface area contributed by atoms with Crippen molar-refractivity contribution in [2.24, 2.45) is 0 Å². The summed E-state index contributed by atoms with van der Waals surface area (Å²) in [6.45, 7) is 0.605. The zero-order chi connectivity index (χ0) is 21.1. The van der Waals surface area contributed by atoms with Gasteiger partial charge in [0.05, 0.1) is 23.0 Å². The minimum Gasteiger partial charge on any atom is -0.486 e. The van der Waals surface area contributed by atoms with Crippen LogP contribution in [0.4, 0.5) is 4.39 Å². The van der Waals surface area contributed by atoms with Crippen LogP contribution in [0.15, 0.2) is 60.4 Å². The molecule has 0 radical (unpaired) electrons. The average Bonchev–Trinajstić information content (AvgIpc) is 3.13. The summed E-state index contributed by atoms with van der Waals surface area (Å²) in [6.07, 6.45) is 0.385. The number of hydrogen-bond donors (Lipinski definition) is 0. The summed E-state index contributed by atoms with van der Waals surface area (Å²) in [5.41, 5.74) is 1.63. The van der Waals surface area contributed by atoms with E-state index in [0.717, 1.165) is 21.8 Å². The van der Waals surface area contributed by atoms with Crippen molar-refractivity contribution in [3.05, 3.63) is 77.3 Å². The first-order valence-electron chi connectivity index (χ1n) is 9.74. The highest BCUT2D eigenvalue weighted by molar-refractivity contribution is 8.08. The van der Waals surface area contributed by atoms with Crippen molar-refractivity contribution >= 4 is 32.4 Å². The van der Waals surface area contributed by atoms with Crippen molar-refractivity contribution in [1.82, 2.24) is 4.90 Å². The van der Waals surface area contributed by atoms with Gasteiger partial charge in [-0.05, 0) is 29.7 Å². The third-order valence-electron chi connectivity index (χ3n) is 5.19. The molecule has 4 rings (SSSR count). The number of thioether (sulfide) groups is 1. The fourth-order valence-corrected chi connectivity index (χ4v) is 6.37. The molecular weight excluding hydrogens is 425 g/mol. The molecular formula is C22H22FNO4S2. The van der Waals surface area contributed by atoms with Crippen LogP contribution in [-0.4, -0.2) is 49.1 Å². The lowest BCUT2D eigenvalue weighted by Crippen LogP contribution is -2.42. The van der Waals surface area contributed by atoms with Crippen LogP contribution in [0.2, 0.25) is 0 Å². The molecule has 2 aromatic carbocycles. The van der Waals surface area contributed by atoms with Crippen LogP contribution in [-0.2, 0) is 25.9 Å². The van der Waals surface area contributed by atoms with Crippen molar-refractivity contribution in [2.75, 3.05) is 23.9 Å². The van der Waals surface area contributed by atoms with Crippen LogP contribution in [0, 0.1) is 5.82 Å². The normalized spacial score (nSPS) is 20.6. The van der Waals surface area contributed by atoms with Crippen LogP contribution in [0.3, 0.4) is 0 Å². The molecule has 0 aliphatic carbocycles. The Labute approximate surface area is 179 Å². The predicted octanol–water partition coefficient (Wildman–Crippen LogP) is 3.47. The second kappa shape index (κ2) is 8.81. The Morgan fingerprint density at radius 1 is 1.13 bits per heavy atom. The number of halogens is 1. The van der Waals surface area contributed by atoms with E-state index in [0.29, 0.717) is 13.0 Å². The maximum atomic E-state index is 13.6. The van der Waals surface area contributed by atoms with Crippen molar-refractivity contribution in [3.63, 3.8) is 0 Å². The van der Waals surface area contributed by atoms with Gasteiger partial charge in [-0.1, -0.05) is 42.5 Å². The molecule has 30 heavy (non-hydrogen) atoms. The lowest BCUT2D eigenvalue weighted by atomic mass is 10.1. The van der Waals surface area contributed by atoms with Gasteiger partial charge in [-0.3, -0.25) is 4.79 Å². The molecule has 1 amide bonds. The predicted molar refractivity (Wildman–Crippen MR) is 116 cm³/mol. The van der Waals surface area contributed by atoms with Crippen molar-refractivity contribution in [3.8, 4) is 0 Å². The first-order chi connectivity index (χ1) is 14.4. The average molecular weight is 448 g/mol. The van der Waals surface area contributed by atoms with E-state index >= 15 is 0 Å². The van der Waals surface area contributed by atoms with Crippen molar-refractivity contribution < 1.29 is 22.3 Å². The maximum absolute atomic E-state index is 13.6. The highest BCUT2D eigenvalue weighted by Crippen LogP contribution is 2.36. The zero-order valence-corrected chi connectivity index (χ0v) is 17.9. The van der Waals surface area contributed by atoms with Gasteiger partial charge in [-0.15, -0.1) is 11.8 Å². The molecule has 0 unspecified atom stereocenters. The zero-order valence-electron chi connectivity index (χ0n) is 16.3. The van der Waals surface area contributed by atoms with Crippen LogP contribution < -0.4 is 0 Å². The van der Waals surface area contributed by atoms with Gasteiger partial charge in [-0.25, -0.2) is 12.8 Å². The van der Waals surface area contributed by atoms with Gasteiger partial charge in [0.2, 0.25) is 0 Å². The maximum Gasteiger partial charge on any atom is 0.290 e. The van der Waals surface area contributed by atoms with E-state index in [4.69, 9.17) is 4.74 Å². The highest BCUT2D eigenvalue weighted by Gasteiger charge is 2.37. The van der Waals surface area contributed by atoms with Crippen LogP contribution in [0.25, 0.3) is 4.91 Å². The fourth-order valence-electron chi connectivity index (χ4n) is 3.69. The van der Waals surface area contributed by atoms with E-state index in [-0.39, 0.29) is 35.5 Å². The quantitative estimate of drug-likeness (QED) is 0.702. The second-order valence-corrected chi connectivity index (χ2v) is 10.7. The van der Waals surface area contributed by atoms with Gasteiger partial charge < -0.3 is 9.64 Å². The first kappa shape index (κ1) is 20.9. The number of hydrogen-bond acceptors (Lipinski definition) is 5. The molecule has 158 valence electrons. The van der Waals surface area contributed by atoms with E-state index in [9.17, 15) is 17.6 Å². The van der Waals surface area contributed by atoms with Gasteiger partial charge in [0.15, 0.2) is 15.6 Å². The molecule has 1 fully saturated rings. The van der Waals surface area contributed by atoms with Gasteiger partial charge in [-0.2, -0.15) is 0 Å². The van der Waals surface area contributed by atoms with Gasteiger partial charge >= 0.3 is 0 Å². The number of carbonyl (C=O) groups excluding carboxylic acids is 1. The Kier molecular flexibility index (Phi) is 6.15. The van der Waals surface area contributed by atoms with E-state index in [1.54, 1.807) is 28.8 Å². The summed E-state index contributed by atoms with van der Waals surface area (Å²) < 4.78 is 43.3. The first-order valence-corrected chi connectivity index (χ1v) is 12.5. The number of rotatable bonds is 5. The minimum absolute atomic E-state index is 0.0606. The number of ether oxygens (including phenoxy) is 1. The fraction of sp³-hybridized carbons (Fsp3) is 0.318. The number of sulfone groups is 1. The second-order valence-electron chi connectivity index (χ2n) is 7.34. The summed E-state index contributed by atoms with van der Waals surface area (Å²) in [4.78, 5) is 15.9. The number of benzene rings is 2. The molecule has 8 heteroatoms. The Balaban J connectivity index is 1.70. The third kappa shape index (κ3) is 4.70. The molecule has 0 saturated carbocycles. The molecule has 2 heterocycles. The molecule has 2 aliphatic rings. The summed E-state index contributed by atoms with van der Waals surface area (Å²) >= 11 is 1.56. The van der Waals surface area contributed by atoms with Crippen LogP contribution in [0.1, 0.15) is 17.5 Å².